The van der Waals surface area contributed by atoms with E-state index >= 15 is 0 Å². The van der Waals surface area contributed by atoms with Crippen molar-refractivity contribution in [1.82, 2.24) is 0 Å². The number of aliphatic hydroxyl groups is 1. The Kier molecular flexibility index (Phi) is 4.14. The second kappa shape index (κ2) is 5.83. The van der Waals surface area contributed by atoms with Gasteiger partial charge in [-0.15, -0.1) is 0 Å². The topological polar surface area (TPSA) is 88.0 Å². The summed E-state index contributed by atoms with van der Waals surface area (Å²) in [6, 6.07) is 8.97. The maximum absolute atomic E-state index is 11.9. The van der Waals surface area contributed by atoms with E-state index < -0.39 is 11.6 Å². The molecule has 0 radical (unpaired) electrons. The molecule has 1 saturated carbocycles. The molecule has 1 aliphatic rings. The minimum atomic E-state index is -1.97. The minimum absolute atomic E-state index is 0.126. The van der Waals surface area contributed by atoms with Gasteiger partial charge in [-0.2, -0.15) is 5.10 Å². The zero-order chi connectivity index (χ0) is 14.6. The predicted octanol–water partition coefficient (Wildman–Crippen LogP) is 1.11. The van der Waals surface area contributed by atoms with Crippen LogP contribution in [0.3, 0.4) is 0 Å². The Morgan fingerprint density at radius 1 is 1.40 bits per heavy atom. The number of nitrogens with zero attached hydrogens (tertiary/aromatic N) is 1. The lowest BCUT2D eigenvalue weighted by Gasteiger charge is -2.29. The lowest BCUT2D eigenvalue weighted by atomic mass is 9.82. The number of para-hydroxylation sites is 1. The molecule has 2 N–H and O–H groups in total. The SMILES string of the molecule is COC(=O)C1(O)CCCC(=O)C1=NNc1ccccc1. The van der Waals surface area contributed by atoms with Crippen LogP contribution in [0.5, 0.6) is 0 Å². The van der Waals surface area contributed by atoms with Crippen LogP contribution in [0.4, 0.5) is 5.69 Å². The third-order valence-corrected chi connectivity index (χ3v) is 3.19. The predicted molar refractivity (Wildman–Crippen MR) is 73.3 cm³/mol. The number of esters is 1. The van der Waals surface area contributed by atoms with Crippen LogP contribution < -0.4 is 5.43 Å². The number of carbonyl (C=O) groups excluding carboxylic acids is 2. The third kappa shape index (κ3) is 2.70. The standard InChI is InChI=1S/C14H16N2O4/c1-20-13(18)14(19)9-5-8-11(17)12(14)16-15-10-6-3-2-4-7-10/h2-4,6-7,15,19H,5,8-9H2,1H3. The number of anilines is 1. The Balaban J connectivity index is 2.28. The van der Waals surface area contributed by atoms with E-state index in [1.54, 1.807) is 24.3 Å². The van der Waals surface area contributed by atoms with Crippen LogP contribution in [0.1, 0.15) is 19.3 Å². The van der Waals surface area contributed by atoms with Crippen molar-refractivity contribution in [3.8, 4) is 0 Å². The largest absolute Gasteiger partial charge is 0.467 e. The average molecular weight is 276 g/mol. The molecule has 0 saturated heterocycles. The maximum Gasteiger partial charge on any atom is 0.344 e. The fraction of sp³-hybridized carbons (Fsp3) is 0.357. The number of Topliss-reactive ketones (excluding diaryl/α,β-unsaturated/α-hetero) is 1. The van der Waals surface area contributed by atoms with Crippen molar-refractivity contribution >= 4 is 23.2 Å². The second-order valence-electron chi connectivity index (χ2n) is 4.57. The summed E-state index contributed by atoms with van der Waals surface area (Å²) >= 11 is 0. The summed E-state index contributed by atoms with van der Waals surface area (Å²) in [4.78, 5) is 23.6. The number of carbonyl (C=O) groups is 2. The molecule has 1 atom stereocenters. The maximum atomic E-state index is 11.9. The quantitative estimate of drug-likeness (QED) is 0.638. The van der Waals surface area contributed by atoms with E-state index in [9.17, 15) is 14.7 Å². The normalized spacial score (nSPS) is 24.5. The van der Waals surface area contributed by atoms with Crippen molar-refractivity contribution in [3.63, 3.8) is 0 Å². The number of hydrazone groups is 1. The fourth-order valence-electron chi connectivity index (χ4n) is 2.13. The molecule has 2 rings (SSSR count). The van der Waals surface area contributed by atoms with Crippen LogP contribution in [0.15, 0.2) is 35.4 Å². The Morgan fingerprint density at radius 2 is 2.10 bits per heavy atom. The smallest absolute Gasteiger partial charge is 0.344 e. The average Bonchev–Trinajstić information content (AvgIpc) is 2.47. The summed E-state index contributed by atoms with van der Waals surface area (Å²) in [6.45, 7) is 0. The van der Waals surface area contributed by atoms with E-state index in [0.717, 1.165) is 0 Å². The Morgan fingerprint density at radius 3 is 2.75 bits per heavy atom. The summed E-state index contributed by atoms with van der Waals surface area (Å²) in [7, 11) is 1.17. The Labute approximate surface area is 116 Å². The lowest BCUT2D eigenvalue weighted by molar-refractivity contribution is -0.157. The summed E-state index contributed by atoms with van der Waals surface area (Å²) in [5, 5.41) is 14.3. The highest BCUT2D eigenvalue weighted by Crippen LogP contribution is 2.25. The van der Waals surface area contributed by atoms with Gasteiger partial charge in [0.05, 0.1) is 12.8 Å². The molecule has 6 heteroatoms. The van der Waals surface area contributed by atoms with E-state index in [1.807, 2.05) is 6.07 Å². The molecule has 1 aliphatic carbocycles. The van der Waals surface area contributed by atoms with Crippen LogP contribution in [0, 0.1) is 0 Å². The molecular formula is C14H16N2O4. The van der Waals surface area contributed by atoms with Crippen LogP contribution in [0.2, 0.25) is 0 Å². The number of ether oxygens (including phenoxy) is 1. The third-order valence-electron chi connectivity index (χ3n) is 3.19. The molecule has 0 spiro atoms. The number of hydrogen-bond acceptors (Lipinski definition) is 6. The first-order chi connectivity index (χ1) is 9.58. The molecule has 6 nitrogen and oxygen atoms in total. The molecule has 1 fully saturated rings. The number of benzene rings is 1. The van der Waals surface area contributed by atoms with Crippen molar-refractivity contribution in [2.75, 3.05) is 12.5 Å². The first-order valence-electron chi connectivity index (χ1n) is 6.31. The van der Waals surface area contributed by atoms with Crippen LogP contribution >= 0.6 is 0 Å². The van der Waals surface area contributed by atoms with Crippen LogP contribution in [-0.2, 0) is 14.3 Å². The molecule has 1 aromatic rings. The summed E-state index contributed by atoms with van der Waals surface area (Å²) < 4.78 is 4.57. The summed E-state index contributed by atoms with van der Waals surface area (Å²) in [5.74, 6) is -1.22. The van der Waals surface area contributed by atoms with Gasteiger partial charge in [0.2, 0.25) is 5.60 Å². The molecule has 0 heterocycles. The molecule has 20 heavy (non-hydrogen) atoms. The molecule has 0 bridgehead atoms. The van der Waals surface area contributed by atoms with Gasteiger partial charge in [-0.3, -0.25) is 10.2 Å². The highest BCUT2D eigenvalue weighted by molar-refractivity contribution is 6.47. The van der Waals surface area contributed by atoms with Gasteiger partial charge >= 0.3 is 5.97 Å². The Hall–Kier alpha value is -2.21. The summed E-state index contributed by atoms with van der Waals surface area (Å²) in [6.07, 6.45) is 0.810. The van der Waals surface area contributed by atoms with Crippen molar-refractivity contribution < 1.29 is 19.4 Å². The molecule has 1 aromatic carbocycles. The second-order valence-corrected chi connectivity index (χ2v) is 4.57. The lowest BCUT2D eigenvalue weighted by Crippen LogP contribution is -2.53. The van der Waals surface area contributed by atoms with E-state index in [4.69, 9.17) is 0 Å². The van der Waals surface area contributed by atoms with Gasteiger partial charge in [0.15, 0.2) is 5.78 Å². The van der Waals surface area contributed by atoms with Gasteiger partial charge in [-0.25, -0.2) is 4.79 Å². The highest BCUT2D eigenvalue weighted by atomic mass is 16.5. The highest BCUT2D eigenvalue weighted by Gasteiger charge is 2.48. The molecule has 0 amide bonds. The number of hydrogen-bond donors (Lipinski definition) is 2. The van der Waals surface area contributed by atoms with Crippen molar-refractivity contribution in [3.05, 3.63) is 30.3 Å². The van der Waals surface area contributed by atoms with Gasteiger partial charge in [0, 0.05) is 6.42 Å². The van der Waals surface area contributed by atoms with Crippen molar-refractivity contribution in [2.24, 2.45) is 5.10 Å². The molecule has 0 aromatic heterocycles. The van der Waals surface area contributed by atoms with Gasteiger partial charge in [-0.1, -0.05) is 18.2 Å². The first-order valence-corrected chi connectivity index (χ1v) is 6.31. The number of ketones is 1. The van der Waals surface area contributed by atoms with Gasteiger partial charge in [-0.05, 0) is 25.0 Å². The number of rotatable bonds is 3. The molecule has 0 aliphatic heterocycles. The monoisotopic (exact) mass is 276 g/mol. The van der Waals surface area contributed by atoms with E-state index in [2.05, 4.69) is 15.3 Å². The van der Waals surface area contributed by atoms with Gasteiger partial charge < -0.3 is 9.84 Å². The number of methoxy groups -OCH3 is 1. The van der Waals surface area contributed by atoms with Gasteiger partial charge in [0.1, 0.15) is 5.71 Å². The van der Waals surface area contributed by atoms with Crippen molar-refractivity contribution in [1.29, 1.82) is 0 Å². The minimum Gasteiger partial charge on any atom is -0.467 e. The Bertz CT molecular complexity index is 541. The van der Waals surface area contributed by atoms with Crippen LogP contribution in [-0.4, -0.2) is 35.3 Å². The molecule has 106 valence electrons. The van der Waals surface area contributed by atoms with E-state index in [1.165, 1.54) is 7.11 Å². The van der Waals surface area contributed by atoms with E-state index in [-0.39, 0.29) is 24.3 Å². The molecular weight excluding hydrogens is 260 g/mol. The van der Waals surface area contributed by atoms with Crippen molar-refractivity contribution in [2.45, 2.75) is 24.9 Å². The van der Waals surface area contributed by atoms with Crippen LogP contribution in [0.25, 0.3) is 0 Å². The fourth-order valence-corrected chi connectivity index (χ4v) is 2.13. The number of nitrogens with one attached hydrogen (secondary N) is 1. The molecule has 1 unspecified atom stereocenters. The van der Waals surface area contributed by atoms with Gasteiger partial charge in [0.25, 0.3) is 0 Å². The zero-order valence-corrected chi connectivity index (χ0v) is 11.1. The first kappa shape index (κ1) is 14.2. The zero-order valence-electron chi connectivity index (χ0n) is 11.1. The summed E-state index contributed by atoms with van der Waals surface area (Å²) in [5.41, 5.74) is 1.17. The van der Waals surface area contributed by atoms with E-state index in [0.29, 0.717) is 12.1 Å².